The molecule has 2 aromatic rings. The van der Waals surface area contributed by atoms with Crippen LogP contribution in [-0.4, -0.2) is 48.8 Å². The lowest BCUT2D eigenvalue weighted by molar-refractivity contribution is -0.133. The molecule has 3 rings (SSSR count). The lowest BCUT2D eigenvalue weighted by Gasteiger charge is -2.21. The fourth-order valence-corrected chi connectivity index (χ4v) is 2.69. The molecule has 0 bridgehead atoms. The highest BCUT2D eigenvalue weighted by Crippen LogP contribution is 2.31. The van der Waals surface area contributed by atoms with E-state index in [1.54, 1.807) is 26.1 Å². The van der Waals surface area contributed by atoms with Gasteiger partial charge in [0.2, 0.25) is 0 Å². The molecular weight excluding hydrogens is 350 g/mol. The SMILES string of the molecule is Cc1cccc(C(=O)OCC(=O)N(C)Cc2ccc3c(c2)OCCO3)c1O. The first-order chi connectivity index (χ1) is 13.0. The van der Waals surface area contributed by atoms with Crippen LogP contribution < -0.4 is 9.47 Å². The highest BCUT2D eigenvalue weighted by Gasteiger charge is 2.18. The number of nitrogens with zero attached hydrogens (tertiary/aromatic N) is 1. The molecule has 0 radical (unpaired) electrons. The Labute approximate surface area is 157 Å². The van der Waals surface area contributed by atoms with E-state index in [9.17, 15) is 14.7 Å². The van der Waals surface area contributed by atoms with E-state index >= 15 is 0 Å². The second-order valence-corrected chi connectivity index (χ2v) is 6.28. The Morgan fingerprint density at radius 3 is 2.67 bits per heavy atom. The van der Waals surface area contributed by atoms with Gasteiger partial charge in [-0.2, -0.15) is 0 Å². The second kappa shape index (κ2) is 7.99. The monoisotopic (exact) mass is 371 g/mol. The lowest BCUT2D eigenvalue weighted by Crippen LogP contribution is -2.31. The van der Waals surface area contributed by atoms with Crippen molar-refractivity contribution >= 4 is 11.9 Å². The molecule has 1 N–H and O–H groups in total. The van der Waals surface area contributed by atoms with E-state index in [2.05, 4.69) is 0 Å². The van der Waals surface area contributed by atoms with Gasteiger partial charge < -0.3 is 24.2 Å². The number of amides is 1. The number of carbonyl (C=O) groups excluding carboxylic acids is 2. The summed E-state index contributed by atoms with van der Waals surface area (Å²) in [7, 11) is 1.62. The molecule has 7 heteroatoms. The maximum Gasteiger partial charge on any atom is 0.342 e. The topological polar surface area (TPSA) is 85.3 Å². The van der Waals surface area contributed by atoms with Crippen LogP contribution >= 0.6 is 0 Å². The molecule has 1 heterocycles. The number of esters is 1. The van der Waals surface area contributed by atoms with Crippen molar-refractivity contribution in [3.05, 3.63) is 53.1 Å². The number of hydrogen-bond acceptors (Lipinski definition) is 6. The molecular formula is C20H21NO6. The van der Waals surface area contributed by atoms with Crippen molar-refractivity contribution in [3.63, 3.8) is 0 Å². The van der Waals surface area contributed by atoms with Gasteiger partial charge in [-0.05, 0) is 36.2 Å². The van der Waals surface area contributed by atoms with Gasteiger partial charge in [0, 0.05) is 13.6 Å². The average Bonchev–Trinajstić information content (AvgIpc) is 2.67. The van der Waals surface area contributed by atoms with Crippen molar-refractivity contribution in [2.75, 3.05) is 26.9 Å². The molecule has 0 unspecified atom stereocenters. The Morgan fingerprint density at radius 1 is 1.15 bits per heavy atom. The molecule has 0 atom stereocenters. The zero-order valence-corrected chi connectivity index (χ0v) is 15.2. The highest BCUT2D eigenvalue weighted by atomic mass is 16.6. The fourth-order valence-electron chi connectivity index (χ4n) is 2.69. The molecule has 1 amide bonds. The number of aromatic hydroxyl groups is 1. The third-order valence-electron chi connectivity index (χ3n) is 4.24. The molecule has 0 saturated heterocycles. The number of para-hydroxylation sites is 1. The average molecular weight is 371 g/mol. The van der Waals surface area contributed by atoms with Gasteiger partial charge in [-0.15, -0.1) is 0 Å². The Hall–Kier alpha value is -3.22. The van der Waals surface area contributed by atoms with Crippen LogP contribution in [0.15, 0.2) is 36.4 Å². The standard InChI is InChI=1S/C20H21NO6/c1-13-4-3-5-15(19(13)23)20(24)27-12-18(22)21(2)11-14-6-7-16-17(10-14)26-9-8-25-16/h3-7,10,23H,8-9,11-12H2,1-2H3. The van der Waals surface area contributed by atoms with Gasteiger partial charge in [0.05, 0.1) is 0 Å². The molecule has 142 valence electrons. The molecule has 7 nitrogen and oxygen atoms in total. The highest BCUT2D eigenvalue weighted by molar-refractivity contribution is 5.94. The Bertz CT molecular complexity index is 864. The van der Waals surface area contributed by atoms with E-state index in [1.807, 2.05) is 18.2 Å². The summed E-state index contributed by atoms with van der Waals surface area (Å²) in [5, 5.41) is 9.92. The Kier molecular flexibility index (Phi) is 5.49. The van der Waals surface area contributed by atoms with Crippen LogP contribution in [0, 0.1) is 6.92 Å². The number of phenolic OH excluding ortho intramolecular Hbond substituents is 1. The zero-order chi connectivity index (χ0) is 19.4. The van der Waals surface area contributed by atoms with Gasteiger partial charge in [-0.25, -0.2) is 4.79 Å². The molecule has 27 heavy (non-hydrogen) atoms. The summed E-state index contributed by atoms with van der Waals surface area (Å²) in [5.74, 6) is 0.106. The smallest absolute Gasteiger partial charge is 0.342 e. The van der Waals surface area contributed by atoms with Crippen LogP contribution in [0.25, 0.3) is 0 Å². The summed E-state index contributed by atoms with van der Waals surface area (Å²) in [6.07, 6.45) is 0. The molecule has 0 saturated carbocycles. The first-order valence-corrected chi connectivity index (χ1v) is 8.54. The molecule has 0 aliphatic carbocycles. The minimum atomic E-state index is -0.739. The number of phenols is 1. The minimum Gasteiger partial charge on any atom is -0.507 e. The van der Waals surface area contributed by atoms with Gasteiger partial charge in [0.25, 0.3) is 5.91 Å². The molecule has 0 fully saturated rings. The van der Waals surface area contributed by atoms with E-state index in [1.165, 1.54) is 11.0 Å². The molecule has 1 aliphatic heterocycles. The van der Waals surface area contributed by atoms with E-state index in [4.69, 9.17) is 14.2 Å². The second-order valence-electron chi connectivity index (χ2n) is 6.28. The maximum atomic E-state index is 12.3. The minimum absolute atomic E-state index is 0.0392. The fraction of sp³-hybridized carbons (Fsp3) is 0.300. The van der Waals surface area contributed by atoms with Gasteiger partial charge in [-0.3, -0.25) is 4.79 Å². The van der Waals surface area contributed by atoms with Crippen molar-refractivity contribution in [1.29, 1.82) is 0 Å². The largest absolute Gasteiger partial charge is 0.507 e. The summed E-state index contributed by atoms with van der Waals surface area (Å²) in [4.78, 5) is 25.8. The summed E-state index contributed by atoms with van der Waals surface area (Å²) in [6.45, 7) is 2.62. The number of rotatable bonds is 5. The predicted molar refractivity (Wildman–Crippen MR) is 97.0 cm³/mol. The van der Waals surface area contributed by atoms with Crippen LogP contribution in [-0.2, 0) is 16.1 Å². The quantitative estimate of drug-likeness (QED) is 0.812. The molecule has 0 spiro atoms. The van der Waals surface area contributed by atoms with Crippen molar-refractivity contribution in [3.8, 4) is 17.2 Å². The van der Waals surface area contributed by atoms with Gasteiger partial charge in [0.15, 0.2) is 18.1 Å². The number of carbonyl (C=O) groups is 2. The number of ether oxygens (including phenoxy) is 3. The van der Waals surface area contributed by atoms with E-state index in [0.717, 1.165) is 5.56 Å². The summed E-state index contributed by atoms with van der Waals surface area (Å²) in [6, 6.07) is 10.3. The Balaban J connectivity index is 1.56. The van der Waals surface area contributed by atoms with Crippen LogP contribution in [0.5, 0.6) is 17.2 Å². The molecule has 1 aliphatic rings. The van der Waals surface area contributed by atoms with E-state index in [-0.39, 0.29) is 17.2 Å². The van der Waals surface area contributed by atoms with Crippen molar-refractivity contribution in [2.45, 2.75) is 13.5 Å². The summed E-state index contributed by atoms with van der Waals surface area (Å²) in [5.41, 5.74) is 1.47. The molecule has 0 aromatic heterocycles. The van der Waals surface area contributed by atoms with E-state index < -0.39 is 12.6 Å². The number of benzene rings is 2. The third kappa shape index (κ3) is 4.31. The third-order valence-corrected chi connectivity index (χ3v) is 4.24. The maximum absolute atomic E-state index is 12.3. The number of hydrogen-bond donors (Lipinski definition) is 1. The van der Waals surface area contributed by atoms with E-state index in [0.29, 0.717) is 36.8 Å². The Morgan fingerprint density at radius 2 is 1.89 bits per heavy atom. The van der Waals surface area contributed by atoms with Crippen LogP contribution in [0.1, 0.15) is 21.5 Å². The first-order valence-electron chi connectivity index (χ1n) is 8.54. The van der Waals surface area contributed by atoms with Crippen LogP contribution in [0.4, 0.5) is 0 Å². The van der Waals surface area contributed by atoms with Crippen molar-refractivity contribution in [2.24, 2.45) is 0 Å². The molecule has 2 aromatic carbocycles. The van der Waals surface area contributed by atoms with Crippen molar-refractivity contribution in [1.82, 2.24) is 4.90 Å². The zero-order valence-electron chi connectivity index (χ0n) is 15.2. The van der Waals surface area contributed by atoms with Crippen LogP contribution in [0.2, 0.25) is 0 Å². The number of fused-ring (bicyclic) bond motifs is 1. The number of likely N-dealkylation sites (N-methyl/N-ethyl adjacent to an activating group) is 1. The number of aryl methyl sites for hydroxylation is 1. The van der Waals surface area contributed by atoms with Gasteiger partial charge >= 0.3 is 5.97 Å². The summed E-state index contributed by atoms with van der Waals surface area (Å²) < 4.78 is 16.0. The van der Waals surface area contributed by atoms with Gasteiger partial charge in [0.1, 0.15) is 24.5 Å². The lowest BCUT2D eigenvalue weighted by atomic mass is 10.1. The van der Waals surface area contributed by atoms with Crippen molar-refractivity contribution < 1.29 is 28.9 Å². The first kappa shape index (κ1) is 18.6. The normalized spacial score (nSPS) is 12.4. The summed E-state index contributed by atoms with van der Waals surface area (Å²) >= 11 is 0. The predicted octanol–water partition coefficient (Wildman–Crippen LogP) is 2.29. The van der Waals surface area contributed by atoms with Crippen LogP contribution in [0.3, 0.4) is 0 Å². The van der Waals surface area contributed by atoms with Gasteiger partial charge in [-0.1, -0.05) is 18.2 Å².